The molecule has 0 aromatic rings. The summed E-state index contributed by atoms with van der Waals surface area (Å²) in [5.74, 6) is -2.89. The van der Waals surface area contributed by atoms with Gasteiger partial charge in [0.1, 0.15) is 12.6 Å². The largest absolute Gasteiger partial charge is 0.481 e. The number of amides is 3. The number of nitrogens with zero attached hydrogens (tertiary/aromatic N) is 1. The predicted molar refractivity (Wildman–Crippen MR) is 63.5 cm³/mol. The lowest BCUT2D eigenvalue weighted by Gasteiger charge is -2.20. The van der Waals surface area contributed by atoms with E-state index in [1.165, 1.54) is 14.1 Å². The average molecular weight is 275 g/mol. The van der Waals surface area contributed by atoms with Crippen molar-refractivity contribution >= 4 is 23.9 Å². The molecule has 0 unspecified atom stereocenters. The molecule has 3 amide bonds. The summed E-state index contributed by atoms with van der Waals surface area (Å²) >= 11 is 0. The number of rotatable bonds is 7. The molecule has 4 N–H and O–H groups in total. The average Bonchev–Trinajstić information content (AvgIpc) is 2.32. The minimum absolute atomic E-state index is 0.229. The number of carboxylic acid groups (broad SMARTS) is 2. The number of aliphatic carboxylic acids is 2. The van der Waals surface area contributed by atoms with Gasteiger partial charge < -0.3 is 25.7 Å². The molecule has 0 radical (unpaired) electrons. The molecular weight excluding hydrogens is 258 g/mol. The van der Waals surface area contributed by atoms with Gasteiger partial charge in [-0.3, -0.25) is 9.59 Å². The van der Waals surface area contributed by atoms with Crippen LogP contribution in [0.15, 0.2) is 0 Å². The van der Waals surface area contributed by atoms with Gasteiger partial charge in [-0.25, -0.2) is 9.59 Å². The second kappa shape index (κ2) is 7.90. The van der Waals surface area contributed by atoms with Crippen LogP contribution in [0, 0.1) is 0 Å². The summed E-state index contributed by atoms with van der Waals surface area (Å²) in [7, 11) is 2.72. The number of carbonyl (C=O) groups is 4. The van der Waals surface area contributed by atoms with Crippen molar-refractivity contribution in [3.05, 3.63) is 0 Å². The van der Waals surface area contributed by atoms with Gasteiger partial charge in [-0.1, -0.05) is 0 Å². The quantitative estimate of drug-likeness (QED) is 0.455. The lowest BCUT2D eigenvalue weighted by molar-refractivity contribution is -0.140. The summed E-state index contributed by atoms with van der Waals surface area (Å²) in [6.07, 6.45) is -0.610. The third-order valence-corrected chi connectivity index (χ3v) is 2.25. The summed E-state index contributed by atoms with van der Waals surface area (Å²) in [6, 6.07) is -2.07. The van der Waals surface area contributed by atoms with E-state index in [0.29, 0.717) is 0 Å². The summed E-state index contributed by atoms with van der Waals surface area (Å²) < 4.78 is 0. The number of nitrogens with one attached hydrogen (secondary N) is 2. The van der Waals surface area contributed by atoms with Crippen LogP contribution < -0.4 is 10.6 Å². The Balaban J connectivity index is 4.41. The van der Waals surface area contributed by atoms with E-state index in [4.69, 9.17) is 10.2 Å². The minimum Gasteiger partial charge on any atom is -0.481 e. The van der Waals surface area contributed by atoms with Crippen LogP contribution in [0.3, 0.4) is 0 Å². The van der Waals surface area contributed by atoms with Crippen molar-refractivity contribution in [2.75, 3.05) is 20.6 Å². The van der Waals surface area contributed by atoms with E-state index < -0.39 is 29.9 Å². The van der Waals surface area contributed by atoms with Gasteiger partial charge in [-0.15, -0.1) is 0 Å². The standard InChI is InChI=1S/C10H17N3O6/c1-11-7(14)5-13(2)10(19)12-6(9(17)18)3-4-8(15)16/h6H,3-5H2,1-2H3,(H,11,14)(H,12,19)(H,15,16)(H,17,18)/t6-/m0/s1. The molecule has 108 valence electrons. The van der Waals surface area contributed by atoms with Gasteiger partial charge in [0.2, 0.25) is 5.91 Å². The van der Waals surface area contributed by atoms with Crippen molar-refractivity contribution in [2.24, 2.45) is 0 Å². The van der Waals surface area contributed by atoms with Gasteiger partial charge in [0, 0.05) is 20.5 Å². The zero-order valence-corrected chi connectivity index (χ0v) is 10.7. The van der Waals surface area contributed by atoms with Crippen molar-refractivity contribution < 1.29 is 29.4 Å². The van der Waals surface area contributed by atoms with Gasteiger partial charge in [-0.05, 0) is 6.42 Å². The summed E-state index contributed by atoms with van der Waals surface area (Å²) in [5.41, 5.74) is 0. The highest BCUT2D eigenvalue weighted by molar-refractivity contribution is 5.86. The van der Waals surface area contributed by atoms with E-state index in [1.54, 1.807) is 0 Å². The third-order valence-electron chi connectivity index (χ3n) is 2.25. The van der Waals surface area contributed by atoms with Crippen LogP contribution in [0.5, 0.6) is 0 Å². The van der Waals surface area contributed by atoms with E-state index >= 15 is 0 Å². The SMILES string of the molecule is CNC(=O)CN(C)C(=O)N[C@@H](CCC(=O)O)C(=O)O. The maximum Gasteiger partial charge on any atom is 0.326 e. The molecule has 0 heterocycles. The van der Waals surface area contributed by atoms with Gasteiger partial charge >= 0.3 is 18.0 Å². The molecule has 0 bridgehead atoms. The topological polar surface area (TPSA) is 136 Å². The molecule has 9 nitrogen and oxygen atoms in total. The fourth-order valence-electron chi connectivity index (χ4n) is 1.15. The Hall–Kier alpha value is -2.32. The fraction of sp³-hybridized carbons (Fsp3) is 0.600. The van der Waals surface area contributed by atoms with Crippen LogP contribution in [0.1, 0.15) is 12.8 Å². The molecule has 19 heavy (non-hydrogen) atoms. The molecule has 9 heteroatoms. The first-order valence-corrected chi connectivity index (χ1v) is 5.44. The monoisotopic (exact) mass is 275 g/mol. The molecule has 0 rings (SSSR count). The predicted octanol–water partition coefficient (Wildman–Crippen LogP) is -1.31. The smallest absolute Gasteiger partial charge is 0.326 e. The van der Waals surface area contributed by atoms with Crippen molar-refractivity contribution in [1.82, 2.24) is 15.5 Å². The Morgan fingerprint density at radius 1 is 1.21 bits per heavy atom. The zero-order valence-electron chi connectivity index (χ0n) is 10.7. The van der Waals surface area contributed by atoms with Crippen molar-refractivity contribution in [3.63, 3.8) is 0 Å². The Bertz CT molecular complexity index is 370. The number of carbonyl (C=O) groups excluding carboxylic acids is 2. The lowest BCUT2D eigenvalue weighted by atomic mass is 10.1. The molecule has 1 atom stereocenters. The van der Waals surface area contributed by atoms with Crippen molar-refractivity contribution in [3.8, 4) is 0 Å². The summed E-state index contributed by atoms with van der Waals surface area (Å²) in [5, 5.41) is 21.8. The highest BCUT2D eigenvalue weighted by Crippen LogP contribution is 1.99. The Morgan fingerprint density at radius 3 is 2.21 bits per heavy atom. The number of urea groups is 1. The first kappa shape index (κ1) is 16.7. The number of hydrogen-bond acceptors (Lipinski definition) is 4. The molecule has 0 aromatic carbocycles. The van der Waals surface area contributed by atoms with Crippen LogP contribution in [0.25, 0.3) is 0 Å². The number of likely N-dealkylation sites (N-methyl/N-ethyl adjacent to an activating group) is 2. The molecular formula is C10H17N3O6. The molecule has 0 aromatic heterocycles. The van der Waals surface area contributed by atoms with Crippen LogP contribution in [-0.2, 0) is 14.4 Å². The fourth-order valence-corrected chi connectivity index (χ4v) is 1.15. The van der Waals surface area contributed by atoms with Crippen LogP contribution >= 0.6 is 0 Å². The molecule has 0 saturated heterocycles. The molecule has 0 aliphatic heterocycles. The lowest BCUT2D eigenvalue weighted by Crippen LogP contribution is -2.49. The van der Waals surface area contributed by atoms with Gasteiger partial charge in [0.25, 0.3) is 0 Å². The summed E-state index contributed by atoms with van der Waals surface area (Å²) in [6.45, 7) is -0.229. The van der Waals surface area contributed by atoms with Gasteiger partial charge in [-0.2, -0.15) is 0 Å². The Kier molecular flexibility index (Phi) is 6.94. The van der Waals surface area contributed by atoms with Crippen LogP contribution in [0.2, 0.25) is 0 Å². The van der Waals surface area contributed by atoms with Crippen molar-refractivity contribution in [1.29, 1.82) is 0 Å². The maximum absolute atomic E-state index is 11.6. The highest BCUT2D eigenvalue weighted by Gasteiger charge is 2.23. The van der Waals surface area contributed by atoms with Crippen molar-refractivity contribution in [2.45, 2.75) is 18.9 Å². The first-order valence-electron chi connectivity index (χ1n) is 5.44. The molecule has 0 aliphatic carbocycles. The molecule has 0 aliphatic rings. The molecule has 0 spiro atoms. The van der Waals surface area contributed by atoms with E-state index in [0.717, 1.165) is 4.90 Å². The van der Waals surface area contributed by atoms with E-state index in [9.17, 15) is 19.2 Å². The second-order valence-electron chi connectivity index (χ2n) is 3.80. The van der Waals surface area contributed by atoms with E-state index in [-0.39, 0.29) is 19.4 Å². The zero-order chi connectivity index (χ0) is 15.0. The maximum atomic E-state index is 11.6. The van der Waals surface area contributed by atoms with Crippen LogP contribution in [-0.4, -0.2) is 65.7 Å². The van der Waals surface area contributed by atoms with E-state index in [1.807, 2.05) is 0 Å². The van der Waals surface area contributed by atoms with E-state index in [2.05, 4.69) is 10.6 Å². The molecule has 0 fully saturated rings. The Labute approximate surface area is 109 Å². The summed E-state index contributed by atoms with van der Waals surface area (Å²) in [4.78, 5) is 44.8. The normalized spacial score (nSPS) is 11.3. The Morgan fingerprint density at radius 2 is 1.79 bits per heavy atom. The minimum atomic E-state index is -1.33. The van der Waals surface area contributed by atoms with Gasteiger partial charge in [0.15, 0.2) is 0 Å². The third kappa shape index (κ3) is 6.86. The van der Waals surface area contributed by atoms with Gasteiger partial charge in [0.05, 0.1) is 0 Å². The number of hydrogen-bond donors (Lipinski definition) is 4. The van der Waals surface area contributed by atoms with Crippen LogP contribution in [0.4, 0.5) is 4.79 Å². The first-order chi connectivity index (χ1) is 8.77. The molecule has 0 saturated carbocycles. The highest BCUT2D eigenvalue weighted by atomic mass is 16.4. The second-order valence-corrected chi connectivity index (χ2v) is 3.80. The number of carboxylic acids is 2.